The lowest BCUT2D eigenvalue weighted by Crippen LogP contribution is -2.36. The molecular weight excluding hydrogens is 198 g/mol. The van der Waals surface area contributed by atoms with Crippen molar-refractivity contribution in [1.29, 1.82) is 0 Å². The van der Waals surface area contributed by atoms with Gasteiger partial charge in [0.05, 0.1) is 0 Å². The van der Waals surface area contributed by atoms with E-state index in [1.807, 2.05) is 19.9 Å². The van der Waals surface area contributed by atoms with E-state index in [-0.39, 0.29) is 0 Å². The lowest BCUT2D eigenvalue weighted by molar-refractivity contribution is 0.398. The first kappa shape index (κ1) is 13.1. The van der Waals surface area contributed by atoms with Crippen LogP contribution in [-0.2, 0) is 6.42 Å². The minimum Gasteiger partial charge on any atom is -0.314 e. The summed E-state index contributed by atoms with van der Waals surface area (Å²) < 4.78 is 0. The summed E-state index contributed by atoms with van der Waals surface area (Å²) in [7, 11) is 0. The maximum absolute atomic E-state index is 4.49. The highest BCUT2D eigenvalue weighted by atomic mass is 14.9. The van der Waals surface area contributed by atoms with Gasteiger partial charge in [0, 0.05) is 23.9 Å². The van der Waals surface area contributed by atoms with E-state index in [0.29, 0.717) is 12.0 Å². The Bertz CT molecular complexity index is 314. The molecule has 0 fully saturated rings. The summed E-state index contributed by atoms with van der Waals surface area (Å²) in [5.74, 6) is 1.56. The smallest absolute Gasteiger partial charge is 0.130 e. The number of rotatable bonds is 5. The number of nitrogens with one attached hydrogen (secondary N) is 1. The molecule has 16 heavy (non-hydrogen) atoms. The van der Waals surface area contributed by atoms with E-state index in [1.165, 1.54) is 0 Å². The number of hydrogen-bond acceptors (Lipinski definition) is 3. The molecule has 3 nitrogen and oxygen atoms in total. The van der Waals surface area contributed by atoms with Crippen molar-refractivity contribution in [3.63, 3.8) is 0 Å². The maximum atomic E-state index is 4.49. The van der Waals surface area contributed by atoms with Crippen LogP contribution in [0, 0.1) is 19.8 Å². The van der Waals surface area contributed by atoms with Gasteiger partial charge in [0.25, 0.3) is 0 Å². The van der Waals surface area contributed by atoms with E-state index in [1.54, 1.807) is 0 Å². The van der Waals surface area contributed by atoms with Gasteiger partial charge in [0.15, 0.2) is 0 Å². The molecule has 0 saturated carbocycles. The molecule has 0 aliphatic heterocycles. The summed E-state index contributed by atoms with van der Waals surface area (Å²) in [6, 6.07) is 2.48. The van der Waals surface area contributed by atoms with E-state index in [9.17, 15) is 0 Å². The second kappa shape index (κ2) is 5.94. The average molecular weight is 221 g/mol. The molecule has 0 saturated heterocycles. The third kappa shape index (κ3) is 3.89. The summed E-state index contributed by atoms with van der Waals surface area (Å²) in [5, 5.41) is 3.49. The molecule has 1 heterocycles. The molecule has 0 radical (unpaired) electrons. The number of nitrogens with zero attached hydrogens (tertiary/aromatic N) is 2. The van der Waals surface area contributed by atoms with E-state index < -0.39 is 0 Å². The minimum absolute atomic E-state index is 0.464. The molecule has 1 rings (SSSR count). The third-order valence-corrected chi connectivity index (χ3v) is 2.70. The molecule has 0 aliphatic carbocycles. The Balaban J connectivity index is 2.76. The second-order valence-electron chi connectivity index (χ2n) is 4.68. The fraction of sp³-hybridized carbons (Fsp3) is 0.692. The fourth-order valence-electron chi connectivity index (χ4n) is 1.89. The largest absolute Gasteiger partial charge is 0.314 e. The van der Waals surface area contributed by atoms with Crippen molar-refractivity contribution >= 4 is 0 Å². The Morgan fingerprint density at radius 1 is 1.19 bits per heavy atom. The maximum Gasteiger partial charge on any atom is 0.130 e. The van der Waals surface area contributed by atoms with Crippen LogP contribution in [0.15, 0.2) is 6.07 Å². The summed E-state index contributed by atoms with van der Waals surface area (Å²) >= 11 is 0. The number of aromatic nitrogens is 2. The zero-order valence-electron chi connectivity index (χ0n) is 11.0. The molecule has 0 bridgehead atoms. The number of hydrogen-bond donors (Lipinski definition) is 1. The van der Waals surface area contributed by atoms with Crippen LogP contribution in [0.1, 0.15) is 38.0 Å². The van der Waals surface area contributed by atoms with Crippen molar-refractivity contribution in [2.45, 2.75) is 47.1 Å². The molecule has 0 aromatic carbocycles. The van der Waals surface area contributed by atoms with Gasteiger partial charge in [0.1, 0.15) is 5.82 Å². The molecule has 1 aromatic heterocycles. The first-order valence-electron chi connectivity index (χ1n) is 6.07. The van der Waals surface area contributed by atoms with Gasteiger partial charge in [-0.15, -0.1) is 0 Å². The van der Waals surface area contributed by atoms with Crippen molar-refractivity contribution in [3.05, 3.63) is 23.3 Å². The molecule has 0 spiro atoms. The van der Waals surface area contributed by atoms with Gasteiger partial charge in [-0.25, -0.2) is 9.97 Å². The lowest BCUT2D eigenvalue weighted by Gasteiger charge is -2.21. The van der Waals surface area contributed by atoms with Crippen molar-refractivity contribution in [1.82, 2.24) is 15.3 Å². The van der Waals surface area contributed by atoms with E-state index in [2.05, 4.69) is 36.1 Å². The van der Waals surface area contributed by atoms with Crippen molar-refractivity contribution in [3.8, 4) is 0 Å². The summed E-state index contributed by atoms with van der Waals surface area (Å²) in [5.41, 5.74) is 2.11. The standard InChI is InChI=1S/C13H23N3/c1-6-14-12(9(2)3)8-13-15-10(4)7-11(5)16-13/h7,9,12,14H,6,8H2,1-5H3. The SMILES string of the molecule is CCNC(Cc1nc(C)cc(C)n1)C(C)C. The first-order valence-corrected chi connectivity index (χ1v) is 6.07. The highest BCUT2D eigenvalue weighted by Gasteiger charge is 2.14. The Labute approximate surface area is 98.7 Å². The van der Waals surface area contributed by atoms with Gasteiger partial charge in [-0.2, -0.15) is 0 Å². The van der Waals surface area contributed by atoms with E-state index in [4.69, 9.17) is 0 Å². The molecule has 0 aliphatic rings. The van der Waals surface area contributed by atoms with Crippen LogP contribution in [0.3, 0.4) is 0 Å². The minimum atomic E-state index is 0.464. The van der Waals surface area contributed by atoms with Crippen LogP contribution in [0.25, 0.3) is 0 Å². The molecule has 3 heteroatoms. The van der Waals surface area contributed by atoms with Crippen molar-refractivity contribution in [2.24, 2.45) is 5.92 Å². The predicted molar refractivity (Wildman–Crippen MR) is 67.5 cm³/mol. The van der Waals surface area contributed by atoms with Gasteiger partial charge >= 0.3 is 0 Å². The predicted octanol–water partition coefficient (Wildman–Crippen LogP) is 2.27. The highest BCUT2D eigenvalue weighted by molar-refractivity contribution is 5.09. The van der Waals surface area contributed by atoms with Gasteiger partial charge in [-0.3, -0.25) is 0 Å². The summed E-state index contributed by atoms with van der Waals surface area (Å²) in [6.45, 7) is 11.6. The summed E-state index contributed by atoms with van der Waals surface area (Å²) in [6.07, 6.45) is 0.911. The lowest BCUT2D eigenvalue weighted by atomic mass is 10.0. The molecule has 1 N–H and O–H groups in total. The molecule has 1 unspecified atom stereocenters. The van der Waals surface area contributed by atoms with Crippen LogP contribution in [-0.4, -0.2) is 22.6 Å². The fourth-order valence-corrected chi connectivity index (χ4v) is 1.89. The Hall–Kier alpha value is -0.960. The highest BCUT2D eigenvalue weighted by Crippen LogP contribution is 2.08. The van der Waals surface area contributed by atoms with Crippen molar-refractivity contribution < 1.29 is 0 Å². The summed E-state index contributed by atoms with van der Waals surface area (Å²) in [4.78, 5) is 8.97. The van der Waals surface area contributed by atoms with Gasteiger partial charge in [-0.1, -0.05) is 20.8 Å². The molecule has 0 amide bonds. The average Bonchev–Trinajstić information content (AvgIpc) is 2.15. The molecule has 1 atom stereocenters. The van der Waals surface area contributed by atoms with Gasteiger partial charge in [0.2, 0.25) is 0 Å². The first-order chi connectivity index (χ1) is 7.52. The zero-order chi connectivity index (χ0) is 12.1. The zero-order valence-corrected chi connectivity index (χ0v) is 11.0. The van der Waals surface area contributed by atoms with Crippen LogP contribution in [0.2, 0.25) is 0 Å². The van der Waals surface area contributed by atoms with Crippen LogP contribution < -0.4 is 5.32 Å². The number of aryl methyl sites for hydroxylation is 2. The van der Waals surface area contributed by atoms with Gasteiger partial charge in [-0.05, 0) is 32.4 Å². The van der Waals surface area contributed by atoms with Gasteiger partial charge < -0.3 is 5.32 Å². The normalized spacial score (nSPS) is 13.1. The molecular formula is C13H23N3. The van der Waals surface area contributed by atoms with Crippen LogP contribution in [0.4, 0.5) is 0 Å². The Morgan fingerprint density at radius 3 is 2.19 bits per heavy atom. The third-order valence-electron chi connectivity index (χ3n) is 2.70. The molecule has 1 aromatic rings. The second-order valence-corrected chi connectivity index (χ2v) is 4.68. The van der Waals surface area contributed by atoms with Crippen LogP contribution >= 0.6 is 0 Å². The Morgan fingerprint density at radius 2 is 1.75 bits per heavy atom. The topological polar surface area (TPSA) is 37.8 Å². The molecule has 90 valence electrons. The number of likely N-dealkylation sites (N-methyl/N-ethyl adjacent to an activating group) is 1. The monoisotopic (exact) mass is 221 g/mol. The van der Waals surface area contributed by atoms with E-state index >= 15 is 0 Å². The van der Waals surface area contributed by atoms with Crippen molar-refractivity contribution in [2.75, 3.05) is 6.54 Å². The quantitative estimate of drug-likeness (QED) is 0.829. The van der Waals surface area contributed by atoms with E-state index in [0.717, 1.165) is 30.2 Å². The van der Waals surface area contributed by atoms with Crippen LogP contribution in [0.5, 0.6) is 0 Å². The Kier molecular flexibility index (Phi) is 4.87.